The van der Waals surface area contributed by atoms with Gasteiger partial charge in [-0.05, 0) is 75.3 Å². The largest absolute Gasteiger partial charge is 0.495 e. The molecule has 2 aromatic carbocycles. The number of nitrogens with one attached hydrogen (secondary N) is 2. The van der Waals surface area contributed by atoms with Gasteiger partial charge in [0.25, 0.3) is 5.91 Å². The molecule has 1 fully saturated rings. The van der Waals surface area contributed by atoms with E-state index in [2.05, 4.69) is 29.4 Å². The molecule has 3 atom stereocenters. The second-order valence-electron chi connectivity index (χ2n) is 12.8. The number of nitrogens with zero attached hydrogens (tertiary/aromatic N) is 2. The monoisotopic (exact) mass is 604 g/mol. The molecule has 0 radical (unpaired) electrons. The Kier molecular flexibility index (Phi) is 12.6. The highest BCUT2D eigenvalue weighted by Crippen LogP contribution is 2.31. The van der Waals surface area contributed by atoms with E-state index in [1.807, 2.05) is 82.3 Å². The predicted octanol–water partition coefficient (Wildman–Crippen LogP) is 6.13. The topological polar surface area (TPSA) is 91.0 Å². The number of likely N-dealkylation sites (N-methyl/N-ethyl adjacent to an activating group) is 1. The van der Waals surface area contributed by atoms with Crippen molar-refractivity contribution in [2.45, 2.75) is 91.9 Å². The quantitative estimate of drug-likeness (QED) is 0.284. The number of carbonyl (C=O) groups is 3. The van der Waals surface area contributed by atoms with Crippen LogP contribution in [0.5, 0.6) is 5.75 Å². The zero-order valence-electron chi connectivity index (χ0n) is 28.0. The first-order valence-electron chi connectivity index (χ1n) is 15.9. The van der Waals surface area contributed by atoms with Crippen LogP contribution in [0, 0.1) is 11.8 Å². The molecular formula is C36H52N4O4. The van der Waals surface area contributed by atoms with Gasteiger partial charge >= 0.3 is 0 Å². The number of piperidine rings is 1. The van der Waals surface area contributed by atoms with Crippen LogP contribution in [-0.4, -0.2) is 72.4 Å². The Balaban J connectivity index is 1.79. The van der Waals surface area contributed by atoms with Gasteiger partial charge in [-0.15, -0.1) is 0 Å². The summed E-state index contributed by atoms with van der Waals surface area (Å²) in [5.41, 5.74) is 3.04. The van der Waals surface area contributed by atoms with Gasteiger partial charge < -0.3 is 20.3 Å². The van der Waals surface area contributed by atoms with Gasteiger partial charge in [-0.3, -0.25) is 19.3 Å². The second-order valence-corrected chi connectivity index (χ2v) is 12.8. The van der Waals surface area contributed by atoms with Crippen molar-refractivity contribution in [1.29, 1.82) is 0 Å². The Morgan fingerprint density at radius 3 is 2.23 bits per heavy atom. The molecule has 0 aromatic heterocycles. The van der Waals surface area contributed by atoms with Gasteiger partial charge in [-0.25, -0.2) is 0 Å². The highest BCUT2D eigenvalue weighted by molar-refractivity contribution is 6.04. The summed E-state index contributed by atoms with van der Waals surface area (Å²) >= 11 is 0. The number of carbonyl (C=O) groups excluding carboxylic acids is 3. The van der Waals surface area contributed by atoms with Crippen LogP contribution in [0.2, 0.25) is 0 Å². The zero-order valence-corrected chi connectivity index (χ0v) is 28.0. The molecule has 0 spiro atoms. The molecule has 44 heavy (non-hydrogen) atoms. The molecule has 0 bridgehead atoms. The molecule has 2 aromatic rings. The third-order valence-electron chi connectivity index (χ3n) is 8.55. The van der Waals surface area contributed by atoms with E-state index in [1.54, 1.807) is 26.0 Å². The Labute approximate surface area is 264 Å². The van der Waals surface area contributed by atoms with E-state index in [-0.39, 0.29) is 47.7 Å². The molecule has 3 amide bonds. The van der Waals surface area contributed by atoms with Crippen molar-refractivity contribution in [1.82, 2.24) is 15.1 Å². The lowest BCUT2D eigenvalue weighted by Gasteiger charge is -2.39. The summed E-state index contributed by atoms with van der Waals surface area (Å²) in [7, 11) is 3.33. The molecule has 0 saturated carbocycles. The van der Waals surface area contributed by atoms with Gasteiger partial charge in [0, 0.05) is 18.7 Å². The van der Waals surface area contributed by atoms with Gasteiger partial charge in [-0.1, -0.05) is 76.6 Å². The summed E-state index contributed by atoms with van der Waals surface area (Å²) in [5.74, 6) is -0.0438. The number of likely N-dealkylation sites (tertiary alicyclic amines) is 1. The number of hydrogen-bond acceptors (Lipinski definition) is 5. The Bertz CT molecular complexity index is 1300. The first kappa shape index (κ1) is 34.8. The standard InChI is InChI=1S/C36H52N4O4/c1-23(2)31(39(8)36(43)33(24(3)4)38-35(42)30-17-13-14-20-40(30)25(5)6)21-26(7)34(41)37-29-22-28(18-19-32(29)44-9)27-15-11-10-12-16-27/h10-12,15-16,18-19,21-25,30-31,33H,13-14,17,20H2,1-9H3,(H,37,41)(H,38,42)/b26-21+/t30?,31-,33+/m1/s1. The fourth-order valence-electron chi connectivity index (χ4n) is 5.90. The summed E-state index contributed by atoms with van der Waals surface area (Å²) in [5, 5.41) is 6.10. The normalized spacial score (nSPS) is 17.4. The molecule has 1 unspecified atom stereocenters. The first-order valence-corrected chi connectivity index (χ1v) is 15.9. The number of benzene rings is 2. The van der Waals surface area contributed by atoms with Gasteiger partial charge in [0.15, 0.2) is 0 Å². The van der Waals surface area contributed by atoms with Crippen LogP contribution in [0.1, 0.15) is 67.7 Å². The van der Waals surface area contributed by atoms with E-state index in [9.17, 15) is 14.4 Å². The van der Waals surface area contributed by atoms with Crippen LogP contribution in [0.4, 0.5) is 5.69 Å². The summed E-state index contributed by atoms with van der Waals surface area (Å²) in [6, 6.07) is 14.6. The number of methoxy groups -OCH3 is 1. The molecule has 1 aliphatic rings. The molecule has 1 saturated heterocycles. The summed E-state index contributed by atoms with van der Waals surface area (Å²) in [6.45, 7) is 14.8. The van der Waals surface area contributed by atoms with Gasteiger partial charge in [0.1, 0.15) is 11.8 Å². The molecule has 240 valence electrons. The second kappa shape index (κ2) is 15.9. The van der Waals surface area contributed by atoms with Gasteiger partial charge in [0.2, 0.25) is 11.8 Å². The summed E-state index contributed by atoms with van der Waals surface area (Å²) in [4.78, 5) is 44.7. The number of amides is 3. The molecule has 3 rings (SSSR count). The van der Waals surface area contributed by atoms with E-state index in [0.29, 0.717) is 17.0 Å². The van der Waals surface area contributed by atoms with Crippen LogP contribution in [0.15, 0.2) is 60.2 Å². The fraction of sp³-hybridized carbons (Fsp3) is 0.528. The molecule has 0 aliphatic carbocycles. The molecular weight excluding hydrogens is 552 g/mol. The third-order valence-corrected chi connectivity index (χ3v) is 8.55. The average molecular weight is 605 g/mol. The lowest BCUT2D eigenvalue weighted by atomic mass is 9.95. The maximum atomic E-state index is 13.9. The van der Waals surface area contributed by atoms with Crippen LogP contribution in [0.25, 0.3) is 11.1 Å². The van der Waals surface area contributed by atoms with Crippen LogP contribution in [0.3, 0.4) is 0 Å². The van der Waals surface area contributed by atoms with Crippen molar-refractivity contribution < 1.29 is 19.1 Å². The van der Waals surface area contributed by atoms with Crippen LogP contribution in [-0.2, 0) is 14.4 Å². The van der Waals surface area contributed by atoms with Crippen molar-refractivity contribution >= 4 is 23.4 Å². The van der Waals surface area contributed by atoms with Gasteiger partial charge in [0.05, 0.1) is 24.9 Å². The van der Waals surface area contributed by atoms with E-state index in [4.69, 9.17) is 4.74 Å². The predicted molar refractivity (Wildman–Crippen MR) is 178 cm³/mol. The minimum atomic E-state index is -0.669. The minimum Gasteiger partial charge on any atom is -0.495 e. The van der Waals surface area contributed by atoms with E-state index in [0.717, 1.165) is 36.9 Å². The van der Waals surface area contributed by atoms with Crippen molar-refractivity contribution in [3.63, 3.8) is 0 Å². The van der Waals surface area contributed by atoms with E-state index < -0.39 is 6.04 Å². The summed E-state index contributed by atoms with van der Waals surface area (Å²) in [6.07, 6.45) is 4.72. The van der Waals surface area contributed by atoms with Crippen molar-refractivity contribution in [3.05, 3.63) is 60.2 Å². The molecule has 1 heterocycles. The van der Waals surface area contributed by atoms with Crippen molar-refractivity contribution in [2.75, 3.05) is 26.0 Å². The molecule has 8 nitrogen and oxygen atoms in total. The van der Waals surface area contributed by atoms with E-state index >= 15 is 0 Å². The first-order chi connectivity index (χ1) is 20.8. The lowest BCUT2D eigenvalue weighted by Crippen LogP contribution is -2.58. The SMILES string of the molecule is COc1ccc(-c2ccccc2)cc1NC(=O)/C(C)=C/[C@H](C(C)C)N(C)C(=O)[C@@H](NC(=O)C1CCCCN1C(C)C)C(C)C. The average Bonchev–Trinajstić information content (AvgIpc) is 3.01. The maximum Gasteiger partial charge on any atom is 0.251 e. The van der Waals surface area contributed by atoms with Crippen molar-refractivity contribution in [2.24, 2.45) is 11.8 Å². The third kappa shape index (κ3) is 8.72. The zero-order chi connectivity index (χ0) is 32.6. The fourth-order valence-corrected chi connectivity index (χ4v) is 5.90. The Hall–Kier alpha value is -3.65. The van der Waals surface area contributed by atoms with E-state index in [1.165, 1.54) is 0 Å². The molecule has 2 N–H and O–H groups in total. The number of anilines is 1. The Morgan fingerprint density at radius 1 is 0.955 bits per heavy atom. The molecule has 1 aliphatic heterocycles. The van der Waals surface area contributed by atoms with Crippen LogP contribution < -0.4 is 15.4 Å². The molecule has 8 heteroatoms. The highest BCUT2D eigenvalue weighted by atomic mass is 16.5. The smallest absolute Gasteiger partial charge is 0.251 e. The van der Waals surface area contributed by atoms with Gasteiger partial charge in [-0.2, -0.15) is 0 Å². The highest BCUT2D eigenvalue weighted by Gasteiger charge is 2.36. The minimum absolute atomic E-state index is 0.0286. The maximum absolute atomic E-state index is 13.9. The van der Waals surface area contributed by atoms with Crippen molar-refractivity contribution in [3.8, 4) is 16.9 Å². The summed E-state index contributed by atoms with van der Waals surface area (Å²) < 4.78 is 5.53. The number of rotatable bonds is 12. The van der Waals surface area contributed by atoms with Crippen LogP contribution >= 0.6 is 0 Å². The lowest BCUT2D eigenvalue weighted by molar-refractivity contribution is -0.140. The number of ether oxygens (including phenoxy) is 1. The Morgan fingerprint density at radius 2 is 1.64 bits per heavy atom. The number of hydrogen-bond donors (Lipinski definition) is 2.